The quantitative estimate of drug-likeness (QED) is 0.449. The van der Waals surface area contributed by atoms with Gasteiger partial charge in [0.05, 0.1) is 13.2 Å². The molecule has 1 aliphatic rings. The minimum atomic E-state index is -0.346. The molecule has 1 heterocycles. The average molecular weight is 436 g/mol. The summed E-state index contributed by atoms with van der Waals surface area (Å²) in [4.78, 5) is 0. The van der Waals surface area contributed by atoms with Crippen LogP contribution in [0.2, 0.25) is 0 Å². The van der Waals surface area contributed by atoms with Crippen molar-refractivity contribution in [2.45, 2.75) is 47.8 Å². The van der Waals surface area contributed by atoms with Gasteiger partial charge in [-0.3, -0.25) is 0 Å². The van der Waals surface area contributed by atoms with E-state index in [1.807, 2.05) is 0 Å². The number of hydrogen-bond acceptors (Lipinski definition) is 2. The summed E-state index contributed by atoms with van der Waals surface area (Å²) < 4.78 is 12.5. The van der Waals surface area contributed by atoms with Gasteiger partial charge in [-0.05, 0) is 76.3 Å². The fourth-order valence-corrected chi connectivity index (χ4v) is 2.64. The molecule has 0 amide bonds. The van der Waals surface area contributed by atoms with E-state index in [2.05, 4.69) is 99.9 Å². The van der Waals surface area contributed by atoms with Crippen molar-refractivity contribution in [2.24, 2.45) is 10.8 Å². The van der Waals surface area contributed by atoms with Crippen LogP contribution in [0.15, 0.2) is 12.1 Å². The van der Waals surface area contributed by atoms with Gasteiger partial charge in [-0.2, -0.15) is 0 Å². The van der Waals surface area contributed by atoms with Crippen molar-refractivity contribution < 1.29 is 9.47 Å². The van der Waals surface area contributed by atoms with Crippen LogP contribution in [0.1, 0.15) is 64.5 Å². The van der Waals surface area contributed by atoms with Gasteiger partial charge in [-0.15, -0.1) is 0 Å². The first-order valence-electron chi connectivity index (χ1n) is 8.18. The van der Waals surface area contributed by atoms with Crippen molar-refractivity contribution in [3.05, 3.63) is 32.4 Å². The molecule has 1 aromatic rings. The molecule has 0 spiro atoms. The standard InChI is InChI=1S/C21H25IO2/c1-20(2,3)9-7-15-14-18(22)16(8-10-21(4,5)6)13-17(15)19-23-11-12-24-19/h13-14,19H,11-12H2,1-6H3. The lowest BCUT2D eigenvalue weighted by molar-refractivity contribution is -0.0443. The highest BCUT2D eigenvalue weighted by molar-refractivity contribution is 14.1. The number of ether oxygens (including phenoxy) is 2. The summed E-state index contributed by atoms with van der Waals surface area (Å²) in [6.45, 7) is 13.9. The zero-order valence-corrected chi connectivity index (χ0v) is 17.5. The molecule has 128 valence electrons. The highest BCUT2D eigenvalue weighted by atomic mass is 127. The first-order valence-corrected chi connectivity index (χ1v) is 9.26. The molecule has 2 nitrogen and oxygen atoms in total. The van der Waals surface area contributed by atoms with Crippen molar-refractivity contribution in [1.29, 1.82) is 0 Å². The van der Waals surface area contributed by atoms with E-state index < -0.39 is 0 Å². The molecule has 0 aromatic heterocycles. The van der Waals surface area contributed by atoms with Gasteiger partial charge in [0, 0.05) is 31.1 Å². The highest BCUT2D eigenvalue weighted by Crippen LogP contribution is 2.29. The Morgan fingerprint density at radius 2 is 1.38 bits per heavy atom. The summed E-state index contributed by atoms with van der Waals surface area (Å²) in [6.07, 6.45) is -0.346. The van der Waals surface area contributed by atoms with E-state index in [0.29, 0.717) is 13.2 Å². The third-order valence-corrected chi connectivity index (χ3v) is 4.05. The van der Waals surface area contributed by atoms with Gasteiger partial charge in [0.1, 0.15) is 0 Å². The smallest absolute Gasteiger partial charge is 0.185 e. The largest absolute Gasteiger partial charge is 0.346 e. The van der Waals surface area contributed by atoms with Gasteiger partial charge < -0.3 is 9.47 Å². The molecule has 1 fully saturated rings. The van der Waals surface area contributed by atoms with Crippen LogP contribution in [-0.4, -0.2) is 13.2 Å². The lowest BCUT2D eigenvalue weighted by atomic mass is 9.95. The van der Waals surface area contributed by atoms with Gasteiger partial charge >= 0.3 is 0 Å². The molecule has 24 heavy (non-hydrogen) atoms. The number of rotatable bonds is 1. The SMILES string of the molecule is CC(C)(C)C#Cc1cc(C2OCCO2)c(C#CC(C)(C)C)cc1I. The Morgan fingerprint density at radius 3 is 1.88 bits per heavy atom. The second kappa shape index (κ2) is 7.48. The molecular weight excluding hydrogens is 411 g/mol. The maximum absolute atomic E-state index is 5.71. The van der Waals surface area contributed by atoms with Crippen molar-refractivity contribution >= 4 is 22.6 Å². The predicted molar refractivity (Wildman–Crippen MR) is 106 cm³/mol. The van der Waals surface area contributed by atoms with Gasteiger partial charge in [0.15, 0.2) is 6.29 Å². The van der Waals surface area contributed by atoms with E-state index in [1.165, 1.54) is 0 Å². The molecule has 0 N–H and O–H groups in total. The maximum atomic E-state index is 5.71. The van der Waals surface area contributed by atoms with Crippen LogP contribution in [-0.2, 0) is 9.47 Å². The summed E-state index contributed by atoms with van der Waals surface area (Å²) in [6, 6.07) is 4.16. The van der Waals surface area contributed by atoms with Gasteiger partial charge in [0.2, 0.25) is 0 Å². The summed E-state index contributed by atoms with van der Waals surface area (Å²) in [5.74, 6) is 13.2. The molecule has 0 atom stereocenters. The number of benzene rings is 1. The van der Waals surface area contributed by atoms with Crippen molar-refractivity contribution in [3.8, 4) is 23.7 Å². The molecule has 0 bridgehead atoms. The molecule has 1 saturated heterocycles. The van der Waals surface area contributed by atoms with Crippen LogP contribution >= 0.6 is 22.6 Å². The van der Waals surface area contributed by atoms with Gasteiger partial charge in [-0.1, -0.05) is 23.7 Å². The third-order valence-electron chi connectivity index (χ3n) is 3.16. The molecular formula is C21H25IO2. The summed E-state index contributed by atoms with van der Waals surface area (Å²) in [7, 11) is 0. The lowest BCUT2D eigenvalue weighted by Gasteiger charge is -2.14. The predicted octanol–water partition coefficient (Wildman–Crippen LogP) is 5.13. The zero-order valence-electron chi connectivity index (χ0n) is 15.3. The second-order valence-corrected chi connectivity index (χ2v) is 9.16. The topological polar surface area (TPSA) is 18.5 Å². The Balaban J connectivity index is 2.52. The Labute approximate surface area is 159 Å². The van der Waals surface area contributed by atoms with E-state index in [0.717, 1.165) is 20.3 Å². The van der Waals surface area contributed by atoms with Crippen molar-refractivity contribution in [3.63, 3.8) is 0 Å². The molecule has 0 unspecified atom stereocenters. The van der Waals surface area contributed by atoms with Crippen LogP contribution in [0, 0.1) is 38.1 Å². The number of halogens is 1. The third kappa shape index (κ3) is 5.81. The van der Waals surface area contributed by atoms with E-state index in [4.69, 9.17) is 9.47 Å². The molecule has 3 heteroatoms. The maximum Gasteiger partial charge on any atom is 0.185 e. The fraction of sp³-hybridized carbons (Fsp3) is 0.524. The number of hydrogen-bond donors (Lipinski definition) is 0. The van der Waals surface area contributed by atoms with Crippen LogP contribution < -0.4 is 0 Å². The molecule has 0 aliphatic carbocycles. The van der Waals surface area contributed by atoms with Crippen LogP contribution in [0.25, 0.3) is 0 Å². The normalized spacial score (nSPS) is 15.5. The Kier molecular flexibility index (Phi) is 6.02. The van der Waals surface area contributed by atoms with E-state index >= 15 is 0 Å². The zero-order chi connectivity index (χ0) is 18.0. The Bertz CT molecular complexity index is 722. The van der Waals surface area contributed by atoms with Crippen LogP contribution in [0.4, 0.5) is 0 Å². The monoisotopic (exact) mass is 436 g/mol. The average Bonchev–Trinajstić information content (AvgIpc) is 2.96. The summed E-state index contributed by atoms with van der Waals surface area (Å²) in [5, 5.41) is 0. The van der Waals surface area contributed by atoms with E-state index in [9.17, 15) is 0 Å². The first kappa shape index (κ1) is 19.3. The van der Waals surface area contributed by atoms with E-state index in [-0.39, 0.29) is 17.1 Å². The van der Waals surface area contributed by atoms with Crippen molar-refractivity contribution in [2.75, 3.05) is 13.2 Å². The fourth-order valence-electron chi connectivity index (χ4n) is 2.04. The molecule has 0 saturated carbocycles. The molecule has 1 aliphatic heterocycles. The molecule has 2 rings (SSSR count). The molecule has 0 radical (unpaired) electrons. The minimum absolute atomic E-state index is 0.0334. The summed E-state index contributed by atoms with van der Waals surface area (Å²) in [5.41, 5.74) is 2.85. The Morgan fingerprint density at radius 1 is 0.875 bits per heavy atom. The second-order valence-electron chi connectivity index (χ2n) is 7.99. The van der Waals surface area contributed by atoms with Gasteiger partial charge in [0.25, 0.3) is 0 Å². The highest BCUT2D eigenvalue weighted by Gasteiger charge is 2.22. The Hall–Kier alpha value is -1.01. The van der Waals surface area contributed by atoms with Crippen LogP contribution in [0.3, 0.4) is 0 Å². The van der Waals surface area contributed by atoms with E-state index in [1.54, 1.807) is 0 Å². The summed E-state index contributed by atoms with van der Waals surface area (Å²) >= 11 is 2.33. The molecule has 1 aromatic carbocycles. The van der Waals surface area contributed by atoms with Gasteiger partial charge in [-0.25, -0.2) is 0 Å². The lowest BCUT2D eigenvalue weighted by Crippen LogP contribution is -2.05. The van der Waals surface area contributed by atoms with Crippen molar-refractivity contribution in [1.82, 2.24) is 0 Å². The van der Waals surface area contributed by atoms with Crippen LogP contribution in [0.5, 0.6) is 0 Å². The first-order chi connectivity index (χ1) is 11.1. The minimum Gasteiger partial charge on any atom is -0.346 e.